The van der Waals surface area contributed by atoms with Gasteiger partial charge in [0.2, 0.25) is 0 Å². The first-order valence-corrected chi connectivity index (χ1v) is 6.58. The van der Waals surface area contributed by atoms with Gasteiger partial charge in [0.15, 0.2) is 6.29 Å². The lowest BCUT2D eigenvalue weighted by atomic mass is 10.1. The normalized spacial score (nSPS) is 12.8. The number of likely N-dealkylation sites (N-methyl/N-ethyl adjacent to an activating group) is 1. The number of nitrogens with two attached hydrogens (primary N) is 1. The summed E-state index contributed by atoms with van der Waals surface area (Å²) >= 11 is 0. The SMILES string of the molecule is COC(CC(CN)N(C)c1cc(C)cc(C)c1)OC. The van der Waals surface area contributed by atoms with Crippen LogP contribution in [0.5, 0.6) is 0 Å². The highest BCUT2D eigenvalue weighted by atomic mass is 16.7. The first-order valence-electron chi connectivity index (χ1n) is 6.58. The fraction of sp³-hybridized carbons (Fsp3) is 0.600. The Morgan fingerprint density at radius 2 is 1.63 bits per heavy atom. The molecule has 4 heteroatoms. The molecule has 0 saturated heterocycles. The average Bonchev–Trinajstić information content (AvgIpc) is 2.38. The summed E-state index contributed by atoms with van der Waals surface area (Å²) in [7, 11) is 5.37. The Kier molecular flexibility index (Phi) is 6.28. The van der Waals surface area contributed by atoms with Crippen molar-refractivity contribution in [1.29, 1.82) is 0 Å². The van der Waals surface area contributed by atoms with Gasteiger partial charge in [0, 0.05) is 46.0 Å². The second-order valence-corrected chi connectivity index (χ2v) is 4.98. The van der Waals surface area contributed by atoms with Crippen molar-refractivity contribution in [2.24, 2.45) is 5.73 Å². The zero-order chi connectivity index (χ0) is 14.4. The molecule has 1 unspecified atom stereocenters. The standard InChI is InChI=1S/C15H26N2O2/c1-11-6-12(2)8-13(7-11)17(3)14(10-16)9-15(18-4)19-5/h6-8,14-15H,9-10,16H2,1-5H3. The summed E-state index contributed by atoms with van der Waals surface area (Å²) in [5.74, 6) is 0. The molecule has 0 fully saturated rings. The fourth-order valence-electron chi connectivity index (χ4n) is 2.29. The van der Waals surface area contributed by atoms with E-state index < -0.39 is 0 Å². The number of ether oxygens (including phenoxy) is 2. The second kappa shape index (κ2) is 7.48. The summed E-state index contributed by atoms with van der Waals surface area (Å²) in [5, 5.41) is 0. The van der Waals surface area contributed by atoms with Crippen molar-refractivity contribution in [3.8, 4) is 0 Å². The zero-order valence-corrected chi connectivity index (χ0v) is 12.6. The predicted octanol–water partition coefficient (Wildman–Crippen LogP) is 2.08. The maximum absolute atomic E-state index is 5.89. The number of rotatable bonds is 7. The molecule has 0 aliphatic heterocycles. The molecule has 0 aliphatic carbocycles. The van der Waals surface area contributed by atoms with Crippen molar-refractivity contribution in [2.75, 3.05) is 32.7 Å². The monoisotopic (exact) mass is 266 g/mol. The first-order chi connectivity index (χ1) is 9.01. The predicted molar refractivity (Wildman–Crippen MR) is 79.6 cm³/mol. The van der Waals surface area contributed by atoms with E-state index in [-0.39, 0.29) is 12.3 Å². The Bertz CT molecular complexity index is 371. The molecule has 1 aromatic rings. The van der Waals surface area contributed by atoms with Gasteiger partial charge in [-0.3, -0.25) is 0 Å². The van der Waals surface area contributed by atoms with Gasteiger partial charge in [0.05, 0.1) is 0 Å². The third-order valence-electron chi connectivity index (χ3n) is 3.42. The number of benzene rings is 1. The van der Waals surface area contributed by atoms with Gasteiger partial charge in [-0.25, -0.2) is 0 Å². The summed E-state index contributed by atoms with van der Waals surface area (Å²) in [6.07, 6.45) is 0.523. The Morgan fingerprint density at radius 3 is 2.05 bits per heavy atom. The van der Waals surface area contributed by atoms with Crippen LogP contribution >= 0.6 is 0 Å². The van der Waals surface area contributed by atoms with Crippen LogP contribution in [0.3, 0.4) is 0 Å². The van der Waals surface area contributed by atoms with Gasteiger partial charge in [-0.15, -0.1) is 0 Å². The van der Waals surface area contributed by atoms with Crippen molar-refractivity contribution < 1.29 is 9.47 Å². The number of hydrogen-bond donors (Lipinski definition) is 1. The van der Waals surface area contributed by atoms with Gasteiger partial charge < -0.3 is 20.1 Å². The molecule has 0 heterocycles. The summed E-state index contributed by atoms with van der Waals surface area (Å²) in [6, 6.07) is 6.70. The number of anilines is 1. The molecule has 1 rings (SSSR count). The van der Waals surface area contributed by atoms with Gasteiger partial charge in [0.25, 0.3) is 0 Å². The van der Waals surface area contributed by atoms with E-state index in [0.29, 0.717) is 6.54 Å². The van der Waals surface area contributed by atoms with E-state index in [9.17, 15) is 0 Å². The van der Waals surface area contributed by atoms with Crippen LogP contribution in [0.25, 0.3) is 0 Å². The van der Waals surface area contributed by atoms with Crippen LogP contribution in [-0.4, -0.2) is 40.1 Å². The molecule has 0 aromatic heterocycles. The third kappa shape index (κ3) is 4.49. The minimum Gasteiger partial charge on any atom is -0.370 e. The van der Waals surface area contributed by atoms with E-state index in [1.807, 2.05) is 0 Å². The number of methoxy groups -OCH3 is 2. The Hall–Kier alpha value is -1.10. The van der Waals surface area contributed by atoms with E-state index in [0.717, 1.165) is 6.42 Å². The molecule has 2 N–H and O–H groups in total. The summed E-state index contributed by atoms with van der Waals surface area (Å²) in [4.78, 5) is 2.20. The largest absolute Gasteiger partial charge is 0.370 e. The molecule has 108 valence electrons. The zero-order valence-electron chi connectivity index (χ0n) is 12.6. The lowest BCUT2D eigenvalue weighted by Gasteiger charge is -2.31. The molecular weight excluding hydrogens is 240 g/mol. The molecule has 19 heavy (non-hydrogen) atoms. The Balaban J connectivity index is 2.85. The smallest absolute Gasteiger partial charge is 0.158 e. The first kappa shape index (κ1) is 16.0. The van der Waals surface area contributed by atoms with Crippen LogP contribution in [0.1, 0.15) is 17.5 Å². The van der Waals surface area contributed by atoms with Crippen molar-refractivity contribution in [3.63, 3.8) is 0 Å². The summed E-state index contributed by atoms with van der Waals surface area (Å²) in [6.45, 7) is 4.77. The van der Waals surface area contributed by atoms with Gasteiger partial charge in [-0.1, -0.05) is 6.07 Å². The van der Waals surface area contributed by atoms with Crippen molar-refractivity contribution >= 4 is 5.69 Å². The maximum atomic E-state index is 5.89. The van der Waals surface area contributed by atoms with Crippen molar-refractivity contribution in [3.05, 3.63) is 29.3 Å². The van der Waals surface area contributed by atoms with Crippen molar-refractivity contribution in [2.45, 2.75) is 32.6 Å². The molecule has 0 amide bonds. The third-order valence-corrected chi connectivity index (χ3v) is 3.42. The van der Waals surface area contributed by atoms with Gasteiger partial charge in [-0.2, -0.15) is 0 Å². The fourth-order valence-corrected chi connectivity index (χ4v) is 2.29. The lowest BCUT2D eigenvalue weighted by Crippen LogP contribution is -2.41. The molecule has 0 bridgehead atoms. The molecule has 1 atom stereocenters. The van der Waals surface area contributed by atoms with Crippen LogP contribution < -0.4 is 10.6 Å². The van der Waals surface area contributed by atoms with Crippen LogP contribution in [0.4, 0.5) is 5.69 Å². The van der Waals surface area contributed by atoms with E-state index >= 15 is 0 Å². The topological polar surface area (TPSA) is 47.7 Å². The van der Waals surface area contributed by atoms with Gasteiger partial charge in [-0.05, 0) is 37.1 Å². The number of aryl methyl sites for hydroxylation is 2. The molecule has 0 spiro atoms. The minimum absolute atomic E-state index is 0.186. The van der Waals surface area contributed by atoms with E-state index in [4.69, 9.17) is 15.2 Å². The molecule has 1 aromatic carbocycles. The maximum Gasteiger partial charge on any atom is 0.158 e. The molecule has 0 radical (unpaired) electrons. The van der Waals surface area contributed by atoms with E-state index in [2.05, 4.69) is 44.0 Å². The Labute approximate surface area is 116 Å². The quantitative estimate of drug-likeness (QED) is 0.768. The lowest BCUT2D eigenvalue weighted by molar-refractivity contribution is -0.108. The highest BCUT2D eigenvalue weighted by Crippen LogP contribution is 2.21. The Morgan fingerprint density at radius 1 is 1.11 bits per heavy atom. The average molecular weight is 266 g/mol. The molecule has 4 nitrogen and oxygen atoms in total. The molecule has 0 aliphatic rings. The van der Waals surface area contributed by atoms with Crippen LogP contribution in [0.15, 0.2) is 18.2 Å². The minimum atomic E-state index is -0.220. The summed E-state index contributed by atoms with van der Waals surface area (Å²) < 4.78 is 10.5. The number of hydrogen-bond acceptors (Lipinski definition) is 4. The summed E-state index contributed by atoms with van der Waals surface area (Å²) in [5.41, 5.74) is 9.59. The molecular formula is C15H26N2O2. The van der Waals surface area contributed by atoms with Gasteiger partial charge in [0.1, 0.15) is 0 Å². The molecule has 0 saturated carbocycles. The van der Waals surface area contributed by atoms with Crippen LogP contribution in [0.2, 0.25) is 0 Å². The van der Waals surface area contributed by atoms with E-state index in [1.54, 1.807) is 14.2 Å². The van der Waals surface area contributed by atoms with Crippen molar-refractivity contribution in [1.82, 2.24) is 0 Å². The highest BCUT2D eigenvalue weighted by molar-refractivity contribution is 5.51. The number of nitrogens with zero attached hydrogens (tertiary/aromatic N) is 1. The van der Waals surface area contributed by atoms with Crippen LogP contribution in [0, 0.1) is 13.8 Å². The van der Waals surface area contributed by atoms with E-state index in [1.165, 1.54) is 16.8 Å². The highest BCUT2D eigenvalue weighted by Gasteiger charge is 2.19. The van der Waals surface area contributed by atoms with Gasteiger partial charge >= 0.3 is 0 Å². The van der Waals surface area contributed by atoms with Crippen LogP contribution in [-0.2, 0) is 9.47 Å². The second-order valence-electron chi connectivity index (χ2n) is 4.98.